The van der Waals surface area contributed by atoms with Crippen molar-refractivity contribution in [2.45, 2.75) is 25.8 Å². The first-order chi connectivity index (χ1) is 10.3. The van der Waals surface area contributed by atoms with Gasteiger partial charge in [0.05, 0.1) is 11.0 Å². The Kier molecular flexibility index (Phi) is 4.36. The summed E-state index contributed by atoms with van der Waals surface area (Å²) in [6.45, 7) is 3.77. The quantitative estimate of drug-likeness (QED) is 0.943. The molecule has 0 aliphatic carbocycles. The Labute approximate surface area is 136 Å². The molecule has 1 saturated heterocycles. The summed E-state index contributed by atoms with van der Waals surface area (Å²) in [6, 6.07) is 8.09. The van der Waals surface area contributed by atoms with Crippen LogP contribution in [0.5, 0.6) is 0 Å². The summed E-state index contributed by atoms with van der Waals surface area (Å²) < 4.78 is 2.16. The van der Waals surface area contributed by atoms with E-state index in [0.29, 0.717) is 12.3 Å². The van der Waals surface area contributed by atoms with Gasteiger partial charge in [-0.2, -0.15) is 0 Å². The predicted molar refractivity (Wildman–Crippen MR) is 89.5 cm³/mol. The second-order valence-electron chi connectivity index (χ2n) is 6.00. The number of para-hydroxylation sites is 2. The number of hydrogen-bond donors (Lipinski definition) is 1. The SMILES string of the molecule is Cl.O=C(CCC1CCNC1)N1CCn2c1nc1ccccc12. The van der Waals surface area contributed by atoms with Crippen LogP contribution < -0.4 is 10.2 Å². The van der Waals surface area contributed by atoms with E-state index in [2.05, 4.69) is 20.9 Å². The molecule has 1 unspecified atom stereocenters. The van der Waals surface area contributed by atoms with Crippen LogP contribution in [0.15, 0.2) is 24.3 Å². The van der Waals surface area contributed by atoms with Crippen molar-refractivity contribution in [2.75, 3.05) is 24.5 Å². The van der Waals surface area contributed by atoms with Gasteiger partial charge in [0.25, 0.3) is 0 Å². The van der Waals surface area contributed by atoms with Crippen LogP contribution in [-0.4, -0.2) is 35.1 Å². The van der Waals surface area contributed by atoms with Crippen LogP contribution in [-0.2, 0) is 11.3 Å². The van der Waals surface area contributed by atoms with E-state index in [-0.39, 0.29) is 18.3 Å². The second kappa shape index (κ2) is 6.26. The minimum Gasteiger partial charge on any atom is -0.316 e. The Morgan fingerprint density at radius 2 is 2.18 bits per heavy atom. The Bertz CT molecular complexity index is 678. The molecule has 2 aliphatic rings. The standard InChI is InChI=1S/C16H20N4O.ClH/c21-15(6-5-12-7-8-17-11-12)20-10-9-19-14-4-2-1-3-13(14)18-16(19)20;/h1-4,12,17H,5-11H2;1H. The molecule has 0 saturated carbocycles. The molecule has 0 spiro atoms. The number of rotatable bonds is 3. The lowest BCUT2D eigenvalue weighted by Crippen LogP contribution is -2.29. The monoisotopic (exact) mass is 320 g/mol. The predicted octanol–water partition coefficient (Wildman–Crippen LogP) is 2.19. The van der Waals surface area contributed by atoms with Gasteiger partial charge < -0.3 is 9.88 Å². The number of nitrogens with one attached hydrogen (secondary N) is 1. The van der Waals surface area contributed by atoms with Crippen molar-refractivity contribution >= 4 is 35.3 Å². The lowest BCUT2D eigenvalue weighted by molar-refractivity contribution is -0.118. The van der Waals surface area contributed by atoms with Gasteiger partial charge in [-0.1, -0.05) is 12.1 Å². The van der Waals surface area contributed by atoms with E-state index in [0.717, 1.165) is 49.6 Å². The lowest BCUT2D eigenvalue weighted by atomic mass is 10.0. The molecule has 5 nitrogen and oxygen atoms in total. The maximum absolute atomic E-state index is 12.5. The molecule has 6 heteroatoms. The van der Waals surface area contributed by atoms with Crippen molar-refractivity contribution in [1.82, 2.24) is 14.9 Å². The maximum Gasteiger partial charge on any atom is 0.229 e. The molecule has 2 aromatic rings. The number of halogens is 1. The Hall–Kier alpha value is -1.59. The van der Waals surface area contributed by atoms with Gasteiger partial charge in [0.15, 0.2) is 0 Å². The molecule has 1 atom stereocenters. The third kappa shape index (κ3) is 2.59. The van der Waals surface area contributed by atoms with E-state index in [1.54, 1.807) is 0 Å². The summed E-state index contributed by atoms with van der Waals surface area (Å²) in [5, 5.41) is 3.36. The van der Waals surface area contributed by atoms with Gasteiger partial charge in [0.2, 0.25) is 11.9 Å². The summed E-state index contributed by atoms with van der Waals surface area (Å²) in [5.41, 5.74) is 2.10. The fourth-order valence-corrected chi connectivity index (χ4v) is 3.45. The van der Waals surface area contributed by atoms with Gasteiger partial charge in [0.1, 0.15) is 0 Å². The van der Waals surface area contributed by atoms with Crippen LogP contribution in [0.2, 0.25) is 0 Å². The first-order valence-corrected chi connectivity index (χ1v) is 7.79. The topological polar surface area (TPSA) is 50.2 Å². The van der Waals surface area contributed by atoms with Gasteiger partial charge in [-0.25, -0.2) is 4.98 Å². The van der Waals surface area contributed by atoms with Crippen molar-refractivity contribution in [1.29, 1.82) is 0 Å². The van der Waals surface area contributed by atoms with Crippen molar-refractivity contribution in [3.05, 3.63) is 24.3 Å². The average molecular weight is 321 g/mol. The Morgan fingerprint density at radius 3 is 3.00 bits per heavy atom. The van der Waals surface area contributed by atoms with Gasteiger partial charge >= 0.3 is 0 Å². The average Bonchev–Trinajstić information content (AvgIpc) is 3.20. The van der Waals surface area contributed by atoms with E-state index >= 15 is 0 Å². The molecular formula is C16H21ClN4O. The maximum atomic E-state index is 12.5. The molecule has 0 bridgehead atoms. The molecule has 1 N–H and O–H groups in total. The van der Waals surface area contributed by atoms with Gasteiger partial charge in [0, 0.05) is 19.5 Å². The third-order valence-corrected chi connectivity index (χ3v) is 4.65. The van der Waals surface area contributed by atoms with Crippen LogP contribution in [0, 0.1) is 5.92 Å². The fraction of sp³-hybridized carbons (Fsp3) is 0.500. The van der Waals surface area contributed by atoms with Crippen molar-refractivity contribution in [2.24, 2.45) is 5.92 Å². The minimum atomic E-state index is 0. The summed E-state index contributed by atoms with van der Waals surface area (Å²) in [7, 11) is 0. The van der Waals surface area contributed by atoms with Crippen LogP contribution in [0.1, 0.15) is 19.3 Å². The molecule has 118 valence electrons. The normalized spacial score (nSPS) is 20.2. The lowest BCUT2D eigenvalue weighted by Gasteiger charge is -2.15. The van der Waals surface area contributed by atoms with Crippen molar-refractivity contribution < 1.29 is 4.79 Å². The molecule has 0 radical (unpaired) electrons. The van der Waals surface area contributed by atoms with Gasteiger partial charge in [-0.3, -0.25) is 9.69 Å². The van der Waals surface area contributed by atoms with Crippen molar-refractivity contribution in [3.8, 4) is 0 Å². The highest BCUT2D eigenvalue weighted by molar-refractivity contribution is 5.94. The summed E-state index contributed by atoms with van der Waals surface area (Å²) in [5.74, 6) is 1.71. The summed E-state index contributed by atoms with van der Waals surface area (Å²) in [6.07, 6.45) is 2.82. The molecule has 1 amide bonds. The number of carbonyl (C=O) groups excluding carboxylic acids is 1. The fourth-order valence-electron chi connectivity index (χ4n) is 3.45. The van der Waals surface area contributed by atoms with E-state index in [4.69, 9.17) is 0 Å². The first-order valence-electron chi connectivity index (χ1n) is 7.79. The van der Waals surface area contributed by atoms with E-state index in [1.807, 2.05) is 23.1 Å². The number of carbonyl (C=O) groups is 1. The van der Waals surface area contributed by atoms with E-state index in [9.17, 15) is 4.79 Å². The Morgan fingerprint density at radius 1 is 1.32 bits per heavy atom. The number of hydrogen-bond acceptors (Lipinski definition) is 3. The third-order valence-electron chi connectivity index (χ3n) is 4.65. The zero-order valence-electron chi connectivity index (χ0n) is 12.5. The first kappa shape index (κ1) is 15.3. The smallest absolute Gasteiger partial charge is 0.229 e. The highest BCUT2D eigenvalue weighted by Crippen LogP contribution is 2.28. The zero-order chi connectivity index (χ0) is 14.2. The number of benzene rings is 1. The summed E-state index contributed by atoms with van der Waals surface area (Å²) >= 11 is 0. The number of fused-ring (bicyclic) bond motifs is 3. The highest BCUT2D eigenvalue weighted by atomic mass is 35.5. The largest absolute Gasteiger partial charge is 0.316 e. The van der Waals surface area contributed by atoms with Gasteiger partial charge in [-0.05, 0) is 44.0 Å². The molecular weight excluding hydrogens is 300 g/mol. The molecule has 3 heterocycles. The molecule has 22 heavy (non-hydrogen) atoms. The molecule has 1 aromatic heterocycles. The molecule has 2 aliphatic heterocycles. The van der Waals surface area contributed by atoms with Crippen LogP contribution >= 0.6 is 12.4 Å². The number of amides is 1. The number of nitrogens with zero attached hydrogens (tertiary/aromatic N) is 3. The van der Waals surface area contributed by atoms with Crippen LogP contribution in [0.25, 0.3) is 11.0 Å². The zero-order valence-corrected chi connectivity index (χ0v) is 13.3. The van der Waals surface area contributed by atoms with Crippen molar-refractivity contribution in [3.63, 3.8) is 0 Å². The van der Waals surface area contributed by atoms with Crippen LogP contribution in [0.3, 0.4) is 0 Å². The Balaban J connectivity index is 0.00000144. The van der Waals surface area contributed by atoms with E-state index in [1.165, 1.54) is 6.42 Å². The number of anilines is 1. The van der Waals surface area contributed by atoms with Gasteiger partial charge in [-0.15, -0.1) is 12.4 Å². The highest BCUT2D eigenvalue weighted by Gasteiger charge is 2.28. The summed E-state index contributed by atoms with van der Waals surface area (Å²) in [4.78, 5) is 19.0. The molecule has 1 fully saturated rings. The van der Waals surface area contributed by atoms with E-state index < -0.39 is 0 Å². The molecule has 1 aromatic carbocycles. The van der Waals surface area contributed by atoms with Crippen LogP contribution in [0.4, 0.5) is 5.95 Å². The molecule has 4 rings (SSSR count). The second-order valence-corrected chi connectivity index (χ2v) is 6.00. The number of aromatic nitrogens is 2. The number of imidazole rings is 1. The minimum absolute atomic E-state index is 0.